The summed E-state index contributed by atoms with van der Waals surface area (Å²) in [5.74, 6) is 0.782. The third kappa shape index (κ3) is 7.48. The van der Waals surface area contributed by atoms with Crippen LogP contribution in [0.15, 0.2) is 24.3 Å². The number of hydrogen-bond acceptors (Lipinski definition) is 7. The van der Waals surface area contributed by atoms with E-state index in [-0.39, 0.29) is 0 Å². The van der Waals surface area contributed by atoms with E-state index in [0.29, 0.717) is 26.4 Å². The standard InChI is InChI=1S/C23H38O7/c1-5-7-13-27-16-19-21(28-14-8-6-2)20(24)22(23(26-4)30-19)29-15-17-9-11-18(25-3)12-10-17/h9-12,19-24H,5-8,13-16H2,1-4H3/t19?,20?,21-,22-,23+/m0/s1. The molecule has 2 unspecified atom stereocenters. The second-order valence-electron chi connectivity index (χ2n) is 7.51. The zero-order chi connectivity index (χ0) is 21.8. The minimum absolute atomic E-state index is 0.314. The third-order valence-electron chi connectivity index (χ3n) is 5.18. The van der Waals surface area contributed by atoms with Gasteiger partial charge >= 0.3 is 0 Å². The van der Waals surface area contributed by atoms with Crippen LogP contribution in [0.4, 0.5) is 0 Å². The van der Waals surface area contributed by atoms with Gasteiger partial charge in [0.2, 0.25) is 0 Å². The van der Waals surface area contributed by atoms with Gasteiger partial charge in [-0.25, -0.2) is 0 Å². The molecule has 0 aliphatic carbocycles. The lowest BCUT2D eigenvalue weighted by Gasteiger charge is -2.43. The zero-order valence-corrected chi connectivity index (χ0v) is 18.7. The molecule has 0 radical (unpaired) electrons. The van der Waals surface area contributed by atoms with Crippen LogP contribution in [-0.4, -0.2) is 69.9 Å². The molecule has 1 aliphatic heterocycles. The van der Waals surface area contributed by atoms with Crippen molar-refractivity contribution in [3.8, 4) is 5.75 Å². The van der Waals surface area contributed by atoms with E-state index in [4.69, 9.17) is 28.4 Å². The van der Waals surface area contributed by atoms with Gasteiger partial charge in [-0.2, -0.15) is 0 Å². The predicted molar refractivity (Wildman–Crippen MR) is 114 cm³/mol. The largest absolute Gasteiger partial charge is 0.497 e. The van der Waals surface area contributed by atoms with Crippen LogP contribution in [0.3, 0.4) is 0 Å². The van der Waals surface area contributed by atoms with Crippen molar-refractivity contribution in [3.05, 3.63) is 29.8 Å². The van der Waals surface area contributed by atoms with Crippen LogP contribution in [0.25, 0.3) is 0 Å². The summed E-state index contributed by atoms with van der Waals surface area (Å²) in [5.41, 5.74) is 0.964. The molecule has 7 heteroatoms. The molecule has 1 aliphatic rings. The number of unbranched alkanes of at least 4 members (excludes halogenated alkanes) is 2. The Balaban J connectivity index is 2.02. The molecule has 0 amide bonds. The van der Waals surface area contributed by atoms with Gasteiger partial charge in [-0.1, -0.05) is 38.8 Å². The fourth-order valence-electron chi connectivity index (χ4n) is 3.33. The predicted octanol–water partition coefficient (Wildman–Crippen LogP) is 3.31. The highest BCUT2D eigenvalue weighted by Crippen LogP contribution is 2.28. The Morgan fingerprint density at radius 3 is 2.27 bits per heavy atom. The van der Waals surface area contributed by atoms with Gasteiger partial charge in [0.1, 0.15) is 30.2 Å². The molecule has 7 nitrogen and oxygen atoms in total. The number of hydrogen-bond donors (Lipinski definition) is 1. The van der Waals surface area contributed by atoms with Crippen molar-refractivity contribution in [2.45, 2.75) is 76.8 Å². The molecule has 0 aromatic heterocycles. The van der Waals surface area contributed by atoms with Gasteiger partial charge < -0.3 is 33.5 Å². The van der Waals surface area contributed by atoms with Crippen molar-refractivity contribution in [1.82, 2.24) is 0 Å². The highest BCUT2D eigenvalue weighted by atomic mass is 16.7. The molecule has 0 bridgehead atoms. The summed E-state index contributed by atoms with van der Waals surface area (Å²) in [6.07, 6.45) is 0.755. The Bertz CT molecular complexity index is 565. The van der Waals surface area contributed by atoms with Crippen molar-refractivity contribution in [3.63, 3.8) is 0 Å². The number of ether oxygens (including phenoxy) is 6. The lowest BCUT2D eigenvalue weighted by atomic mass is 9.98. The van der Waals surface area contributed by atoms with Crippen LogP contribution in [0.2, 0.25) is 0 Å². The van der Waals surface area contributed by atoms with Crippen LogP contribution in [0.1, 0.15) is 45.1 Å². The zero-order valence-electron chi connectivity index (χ0n) is 18.7. The van der Waals surface area contributed by atoms with Crippen molar-refractivity contribution >= 4 is 0 Å². The van der Waals surface area contributed by atoms with Crippen LogP contribution >= 0.6 is 0 Å². The van der Waals surface area contributed by atoms with E-state index >= 15 is 0 Å². The summed E-state index contributed by atoms with van der Waals surface area (Å²) < 4.78 is 34.5. The molecule has 30 heavy (non-hydrogen) atoms. The molecule has 1 heterocycles. The molecule has 1 N–H and O–H groups in total. The van der Waals surface area contributed by atoms with E-state index in [0.717, 1.165) is 37.0 Å². The second kappa shape index (κ2) is 14.0. The first kappa shape index (κ1) is 25.0. The molecule has 5 atom stereocenters. The summed E-state index contributed by atoms with van der Waals surface area (Å²) in [6.45, 7) is 6.09. The fraction of sp³-hybridized carbons (Fsp3) is 0.739. The molecule has 0 saturated carbocycles. The van der Waals surface area contributed by atoms with Crippen molar-refractivity contribution < 1.29 is 33.5 Å². The fourth-order valence-corrected chi connectivity index (χ4v) is 3.33. The van der Waals surface area contributed by atoms with Gasteiger partial charge in [0.25, 0.3) is 0 Å². The van der Waals surface area contributed by atoms with Crippen molar-refractivity contribution in [2.24, 2.45) is 0 Å². The summed E-state index contributed by atoms with van der Waals surface area (Å²) in [5, 5.41) is 11.1. The monoisotopic (exact) mass is 426 g/mol. The third-order valence-corrected chi connectivity index (χ3v) is 5.18. The maximum Gasteiger partial charge on any atom is 0.186 e. The smallest absolute Gasteiger partial charge is 0.186 e. The summed E-state index contributed by atoms with van der Waals surface area (Å²) in [7, 11) is 3.18. The first-order valence-electron chi connectivity index (χ1n) is 10.9. The van der Waals surface area contributed by atoms with Gasteiger partial charge in [-0.3, -0.25) is 0 Å². The molecular weight excluding hydrogens is 388 g/mol. The van der Waals surface area contributed by atoms with E-state index in [2.05, 4.69) is 13.8 Å². The number of aliphatic hydroxyl groups excluding tert-OH is 1. The van der Waals surface area contributed by atoms with Crippen LogP contribution in [-0.2, 0) is 30.3 Å². The molecular formula is C23H38O7. The average molecular weight is 427 g/mol. The van der Waals surface area contributed by atoms with Gasteiger partial charge in [0.15, 0.2) is 6.29 Å². The van der Waals surface area contributed by atoms with Gasteiger partial charge in [-0.05, 0) is 30.5 Å². The summed E-state index contributed by atoms with van der Waals surface area (Å²) >= 11 is 0. The number of methoxy groups -OCH3 is 2. The van der Waals surface area contributed by atoms with E-state index in [1.165, 1.54) is 0 Å². The van der Waals surface area contributed by atoms with Gasteiger partial charge in [-0.15, -0.1) is 0 Å². The quantitative estimate of drug-likeness (QED) is 0.457. The van der Waals surface area contributed by atoms with E-state index < -0.39 is 30.7 Å². The van der Waals surface area contributed by atoms with Crippen LogP contribution in [0.5, 0.6) is 5.75 Å². The maximum absolute atomic E-state index is 11.1. The summed E-state index contributed by atoms with van der Waals surface area (Å²) in [4.78, 5) is 0. The molecule has 1 saturated heterocycles. The number of rotatable bonds is 14. The normalized spacial score (nSPS) is 26.6. The first-order chi connectivity index (χ1) is 14.6. The SMILES string of the molecule is CCCCOCC1O[C@@H](OC)[C@@H](OCc2ccc(OC)cc2)C(O)[C@H]1OCCCC. The Hall–Kier alpha value is -1.22. The molecule has 172 valence electrons. The van der Waals surface area contributed by atoms with Crippen molar-refractivity contribution in [1.29, 1.82) is 0 Å². The molecule has 0 spiro atoms. The van der Waals surface area contributed by atoms with E-state index in [1.807, 2.05) is 24.3 Å². The van der Waals surface area contributed by atoms with Crippen molar-refractivity contribution in [2.75, 3.05) is 34.0 Å². The topological polar surface area (TPSA) is 75.6 Å². The lowest BCUT2D eigenvalue weighted by molar-refractivity contribution is -0.313. The molecule has 2 rings (SSSR count). The highest BCUT2D eigenvalue weighted by Gasteiger charge is 2.47. The number of benzene rings is 1. The highest BCUT2D eigenvalue weighted by molar-refractivity contribution is 5.26. The minimum atomic E-state index is -0.890. The first-order valence-corrected chi connectivity index (χ1v) is 10.9. The number of aliphatic hydroxyl groups is 1. The Kier molecular flexibility index (Phi) is 11.7. The van der Waals surface area contributed by atoms with Gasteiger partial charge in [0, 0.05) is 20.3 Å². The molecule has 1 aromatic rings. The van der Waals surface area contributed by atoms with Crippen LogP contribution < -0.4 is 4.74 Å². The average Bonchev–Trinajstić information content (AvgIpc) is 2.77. The van der Waals surface area contributed by atoms with E-state index in [1.54, 1.807) is 14.2 Å². The molecule has 1 aromatic carbocycles. The van der Waals surface area contributed by atoms with Crippen LogP contribution in [0, 0.1) is 0 Å². The minimum Gasteiger partial charge on any atom is -0.497 e. The lowest BCUT2D eigenvalue weighted by Crippen LogP contribution is -2.60. The Labute approximate surface area is 180 Å². The second-order valence-corrected chi connectivity index (χ2v) is 7.51. The summed E-state index contributed by atoms with van der Waals surface area (Å²) in [6, 6.07) is 7.61. The van der Waals surface area contributed by atoms with E-state index in [9.17, 15) is 5.11 Å². The molecule has 1 fully saturated rings. The maximum atomic E-state index is 11.1. The Morgan fingerprint density at radius 1 is 0.933 bits per heavy atom. The van der Waals surface area contributed by atoms with Gasteiger partial charge in [0.05, 0.1) is 20.3 Å². The Morgan fingerprint density at radius 2 is 1.63 bits per heavy atom.